The zero-order valence-corrected chi connectivity index (χ0v) is 17.6. The highest BCUT2D eigenvalue weighted by molar-refractivity contribution is 7.95. The van der Waals surface area contributed by atoms with E-state index in [0.717, 1.165) is 5.92 Å². The molecule has 1 heteroatoms. The summed E-state index contributed by atoms with van der Waals surface area (Å²) in [5, 5.41) is 4.52. The van der Waals surface area contributed by atoms with Crippen LogP contribution in [0.25, 0.3) is 0 Å². The Morgan fingerprint density at radius 2 is 0.963 bits per heavy atom. The maximum Gasteiger partial charge on any atom is 0.112 e. The molecule has 0 fully saturated rings. The second-order valence-corrected chi connectivity index (χ2v) is 11.4. The predicted molar refractivity (Wildman–Crippen MR) is 123 cm³/mol. The van der Waals surface area contributed by atoms with E-state index in [1.807, 2.05) is 0 Å². The van der Waals surface area contributed by atoms with Crippen LogP contribution in [0.4, 0.5) is 0 Å². The lowest BCUT2D eigenvalue weighted by molar-refractivity contribution is 0.535. The Balaban J connectivity index is 2.01. The number of unbranched alkanes of at least 4 members (excludes halogenated alkanes) is 2. The normalized spacial score (nSPS) is 11.7. The minimum atomic E-state index is -1.62. The lowest BCUT2D eigenvalue weighted by atomic mass is 10.1. The van der Waals surface area contributed by atoms with E-state index in [2.05, 4.69) is 105 Å². The van der Waals surface area contributed by atoms with Gasteiger partial charge in [0.2, 0.25) is 0 Å². The molecule has 0 aliphatic rings. The Bertz CT molecular complexity index is 682. The second kappa shape index (κ2) is 9.86. The van der Waals surface area contributed by atoms with Crippen LogP contribution in [0.1, 0.15) is 39.5 Å². The maximum atomic E-state index is 2.35. The number of hydrogen-bond donors (Lipinski definition) is 0. The van der Waals surface area contributed by atoms with E-state index in [9.17, 15) is 0 Å². The van der Waals surface area contributed by atoms with Crippen molar-refractivity contribution in [2.45, 2.75) is 39.5 Å². The van der Waals surface area contributed by atoms with E-state index in [1.165, 1.54) is 47.8 Å². The fourth-order valence-electron chi connectivity index (χ4n) is 3.96. The summed E-state index contributed by atoms with van der Waals surface area (Å²) in [6, 6.07) is 33.7. The molecular weight excluding hydrogens is 343 g/mol. The summed E-state index contributed by atoms with van der Waals surface area (Å²) in [5.74, 6) is 0.807. The van der Waals surface area contributed by atoms with Crippen molar-refractivity contribution in [2.75, 3.05) is 6.16 Å². The monoisotopic (exact) mass is 375 g/mol. The number of rotatable bonds is 9. The lowest BCUT2D eigenvalue weighted by Gasteiger charge is -2.27. The summed E-state index contributed by atoms with van der Waals surface area (Å²) in [6.45, 7) is 4.66. The Morgan fingerprint density at radius 3 is 1.33 bits per heavy atom. The van der Waals surface area contributed by atoms with Crippen molar-refractivity contribution in [1.82, 2.24) is 0 Å². The van der Waals surface area contributed by atoms with Gasteiger partial charge in [-0.1, -0.05) is 81.3 Å². The third kappa shape index (κ3) is 4.88. The summed E-state index contributed by atoms with van der Waals surface area (Å²) >= 11 is 0. The van der Waals surface area contributed by atoms with Gasteiger partial charge in [0.05, 0.1) is 6.16 Å². The average Bonchev–Trinajstić information content (AvgIpc) is 2.73. The van der Waals surface area contributed by atoms with Gasteiger partial charge in [-0.2, -0.15) is 0 Å². The van der Waals surface area contributed by atoms with Crippen molar-refractivity contribution in [3.05, 3.63) is 91.0 Å². The molecule has 0 radical (unpaired) electrons. The van der Waals surface area contributed by atoms with Crippen LogP contribution in [0.5, 0.6) is 0 Å². The van der Waals surface area contributed by atoms with Crippen LogP contribution in [-0.2, 0) is 0 Å². The molecule has 0 atom stereocenters. The first kappa shape index (κ1) is 19.8. The van der Waals surface area contributed by atoms with Crippen molar-refractivity contribution >= 4 is 23.2 Å². The van der Waals surface area contributed by atoms with Gasteiger partial charge in [-0.3, -0.25) is 0 Å². The van der Waals surface area contributed by atoms with Gasteiger partial charge in [-0.05, 0) is 55.2 Å². The molecule has 3 aromatic carbocycles. The molecule has 0 bridgehead atoms. The first-order chi connectivity index (χ1) is 13.2. The van der Waals surface area contributed by atoms with Crippen LogP contribution in [0, 0.1) is 5.92 Å². The minimum Gasteiger partial charge on any atom is -0.0628 e. The molecule has 0 aromatic heterocycles. The van der Waals surface area contributed by atoms with E-state index >= 15 is 0 Å². The van der Waals surface area contributed by atoms with Gasteiger partial charge < -0.3 is 0 Å². The molecule has 0 saturated heterocycles. The van der Waals surface area contributed by atoms with Gasteiger partial charge in [0, 0.05) is 0 Å². The first-order valence-corrected chi connectivity index (χ1v) is 12.3. The summed E-state index contributed by atoms with van der Waals surface area (Å²) in [4.78, 5) is 0. The highest BCUT2D eigenvalue weighted by Gasteiger charge is 2.44. The van der Waals surface area contributed by atoms with Crippen molar-refractivity contribution in [3.63, 3.8) is 0 Å². The topological polar surface area (TPSA) is 0 Å². The Labute approximate surface area is 166 Å². The highest BCUT2D eigenvalue weighted by atomic mass is 31.2. The smallest absolute Gasteiger partial charge is 0.0628 e. The fraction of sp³-hybridized carbons (Fsp3) is 0.308. The average molecular weight is 376 g/mol. The van der Waals surface area contributed by atoms with Crippen molar-refractivity contribution in [2.24, 2.45) is 5.92 Å². The molecule has 140 valence electrons. The minimum absolute atomic E-state index is 0.807. The molecule has 0 amide bonds. The van der Waals surface area contributed by atoms with E-state index in [0.29, 0.717) is 0 Å². The molecule has 0 heterocycles. The lowest BCUT2D eigenvalue weighted by Crippen LogP contribution is -2.33. The van der Waals surface area contributed by atoms with Gasteiger partial charge in [-0.15, -0.1) is 0 Å². The Hall–Kier alpha value is -1.91. The summed E-state index contributed by atoms with van der Waals surface area (Å²) in [7, 11) is -1.62. The van der Waals surface area contributed by atoms with Crippen molar-refractivity contribution in [3.8, 4) is 0 Å². The number of benzene rings is 3. The second-order valence-electron chi connectivity index (χ2n) is 7.78. The molecule has 0 spiro atoms. The SMILES string of the molecule is CC(C)CCCCC[P+](c1ccccc1)(c1ccccc1)c1ccccc1. The van der Waals surface area contributed by atoms with E-state index < -0.39 is 7.26 Å². The van der Waals surface area contributed by atoms with E-state index in [-0.39, 0.29) is 0 Å². The zero-order valence-electron chi connectivity index (χ0n) is 16.7. The van der Waals surface area contributed by atoms with Gasteiger partial charge in [-0.25, -0.2) is 0 Å². The van der Waals surface area contributed by atoms with Gasteiger partial charge in [0.25, 0.3) is 0 Å². The molecule has 0 aliphatic carbocycles. The molecule has 0 aliphatic heterocycles. The van der Waals surface area contributed by atoms with Gasteiger partial charge in [0.15, 0.2) is 0 Å². The fourth-order valence-corrected chi connectivity index (χ4v) is 8.37. The predicted octanol–water partition coefficient (Wildman–Crippen LogP) is 6.20. The Morgan fingerprint density at radius 1 is 0.556 bits per heavy atom. The quantitative estimate of drug-likeness (QED) is 0.309. The molecule has 0 nitrogen and oxygen atoms in total. The third-order valence-corrected chi connectivity index (χ3v) is 9.89. The molecule has 0 N–H and O–H groups in total. The molecule has 3 aromatic rings. The van der Waals surface area contributed by atoms with Crippen molar-refractivity contribution < 1.29 is 0 Å². The van der Waals surface area contributed by atoms with E-state index in [1.54, 1.807) is 0 Å². The Kier molecular flexibility index (Phi) is 7.25. The summed E-state index contributed by atoms with van der Waals surface area (Å²) in [6.07, 6.45) is 6.55. The van der Waals surface area contributed by atoms with Gasteiger partial charge in [0.1, 0.15) is 23.2 Å². The standard InChI is InChI=1S/C26H32P/c1-23(2)15-7-6-14-22-27(24-16-8-3-9-17-24,25-18-10-4-11-19-25)26-20-12-5-13-21-26/h3-5,8-13,16-21,23H,6-7,14-15,22H2,1-2H3/q+1. The van der Waals surface area contributed by atoms with Crippen molar-refractivity contribution in [1.29, 1.82) is 0 Å². The molecule has 27 heavy (non-hydrogen) atoms. The van der Waals surface area contributed by atoms with Crippen LogP contribution < -0.4 is 15.9 Å². The first-order valence-electron chi connectivity index (χ1n) is 10.3. The zero-order chi connectivity index (χ0) is 19.0. The summed E-state index contributed by atoms with van der Waals surface area (Å²) < 4.78 is 0. The van der Waals surface area contributed by atoms with Crippen LogP contribution in [0.3, 0.4) is 0 Å². The third-order valence-electron chi connectivity index (χ3n) is 5.37. The number of hydrogen-bond acceptors (Lipinski definition) is 0. The van der Waals surface area contributed by atoms with Crippen LogP contribution in [-0.4, -0.2) is 6.16 Å². The highest BCUT2D eigenvalue weighted by Crippen LogP contribution is 2.55. The van der Waals surface area contributed by atoms with E-state index in [4.69, 9.17) is 0 Å². The summed E-state index contributed by atoms with van der Waals surface area (Å²) in [5.41, 5.74) is 0. The molecule has 0 unspecified atom stereocenters. The maximum absolute atomic E-state index is 2.35. The van der Waals surface area contributed by atoms with Crippen LogP contribution >= 0.6 is 7.26 Å². The van der Waals surface area contributed by atoms with Crippen LogP contribution in [0.15, 0.2) is 91.0 Å². The molecule has 3 rings (SSSR count). The molecule has 0 saturated carbocycles. The van der Waals surface area contributed by atoms with Crippen LogP contribution in [0.2, 0.25) is 0 Å². The largest absolute Gasteiger partial charge is 0.112 e. The molecular formula is C26H32P+. The van der Waals surface area contributed by atoms with Gasteiger partial charge >= 0.3 is 0 Å².